The van der Waals surface area contributed by atoms with Gasteiger partial charge in [-0.05, 0) is 51.7 Å². The van der Waals surface area contributed by atoms with Gasteiger partial charge in [-0.1, -0.05) is 0 Å². The van der Waals surface area contributed by atoms with Crippen molar-refractivity contribution in [2.45, 2.75) is 63.5 Å². The van der Waals surface area contributed by atoms with Crippen molar-refractivity contribution in [2.24, 2.45) is 0 Å². The molecule has 1 atom stereocenters. The largest absolute Gasteiger partial charge is 0.444 e. The molecule has 2 aliphatic rings. The number of alkyl halides is 3. The molecule has 31 heavy (non-hydrogen) atoms. The SMILES string of the molecule is CN(C(=O)OC(C)(C)C)[C@@H]1COC2(CCC2)c2cc(-n3cc(C(F)(F)F)cn3)ncc21. The second kappa shape index (κ2) is 7.22. The number of carbonyl (C=O) groups is 1. The lowest BCUT2D eigenvalue weighted by molar-refractivity contribution is -0.137. The Morgan fingerprint density at radius 2 is 2.00 bits per heavy atom. The van der Waals surface area contributed by atoms with Crippen LogP contribution in [0.25, 0.3) is 5.82 Å². The third kappa shape index (κ3) is 4.00. The number of carbonyl (C=O) groups excluding carboxylic acids is 1. The highest BCUT2D eigenvalue weighted by Gasteiger charge is 2.47. The molecule has 0 saturated heterocycles. The van der Waals surface area contributed by atoms with Crippen LogP contribution in [-0.2, 0) is 21.3 Å². The summed E-state index contributed by atoms with van der Waals surface area (Å²) in [6.07, 6.45) is 0.927. The van der Waals surface area contributed by atoms with Gasteiger partial charge >= 0.3 is 12.3 Å². The van der Waals surface area contributed by atoms with E-state index in [4.69, 9.17) is 9.47 Å². The summed E-state index contributed by atoms with van der Waals surface area (Å²) in [5, 5.41) is 3.82. The van der Waals surface area contributed by atoms with Crippen LogP contribution in [0.4, 0.5) is 18.0 Å². The number of aromatic nitrogens is 3. The van der Waals surface area contributed by atoms with E-state index in [0.717, 1.165) is 47.5 Å². The van der Waals surface area contributed by atoms with E-state index in [1.54, 1.807) is 40.1 Å². The second-order valence-electron chi connectivity index (χ2n) is 9.07. The van der Waals surface area contributed by atoms with Crippen LogP contribution in [0.5, 0.6) is 0 Å². The second-order valence-corrected chi connectivity index (χ2v) is 9.07. The maximum atomic E-state index is 13.0. The van der Waals surface area contributed by atoms with Crippen molar-refractivity contribution < 1.29 is 27.4 Å². The highest BCUT2D eigenvalue weighted by atomic mass is 19.4. The Labute approximate surface area is 178 Å². The number of fused-ring (bicyclic) bond motifs is 2. The first-order valence-electron chi connectivity index (χ1n) is 10.1. The third-order valence-electron chi connectivity index (χ3n) is 5.74. The summed E-state index contributed by atoms with van der Waals surface area (Å²) in [5.74, 6) is 0.268. The number of hydrogen-bond donors (Lipinski definition) is 0. The third-order valence-corrected chi connectivity index (χ3v) is 5.74. The lowest BCUT2D eigenvalue weighted by atomic mass is 9.71. The van der Waals surface area contributed by atoms with Gasteiger partial charge in [-0.25, -0.2) is 14.5 Å². The van der Waals surface area contributed by atoms with Crippen molar-refractivity contribution >= 4 is 6.09 Å². The molecule has 0 bridgehead atoms. The summed E-state index contributed by atoms with van der Waals surface area (Å²) in [5.41, 5.74) is -0.342. The zero-order valence-electron chi connectivity index (χ0n) is 17.9. The predicted octanol–water partition coefficient (Wildman–Crippen LogP) is 4.60. The Morgan fingerprint density at radius 1 is 1.29 bits per heavy atom. The number of amides is 1. The van der Waals surface area contributed by atoms with Gasteiger partial charge in [0.1, 0.15) is 5.60 Å². The Morgan fingerprint density at radius 3 is 2.55 bits per heavy atom. The van der Waals surface area contributed by atoms with Gasteiger partial charge in [0.15, 0.2) is 5.82 Å². The van der Waals surface area contributed by atoms with E-state index in [-0.39, 0.29) is 5.82 Å². The van der Waals surface area contributed by atoms with Crippen molar-refractivity contribution in [3.05, 3.63) is 41.3 Å². The number of ether oxygens (including phenoxy) is 2. The molecule has 0 unspecified atom stereocenters. The molecule has 1 spiro atoms. The minimum atomic E-state index is -4.48. The number of nitrogens with zero attached hydrogens (tertiary/aromatic N) is 4. The van der Waals surface area contributed by atoms with Gasteiger partial charge in [-0.15, -0.1) is 0 Å². The molecule has 1 saturated carbocycles. The highest BCUT2D eigenvalue weighted by molar-refractivity contribution is 5.68. The zero-order chi connectivity index (χ0) is 22.6. The molecule has 10 heteroatoms. The number of hydrogen-bond acceptors (Lipinski definition) is 5. The first-order chi connectivity index (χ1) is 14.4. The number of likely N-dealkylation sites (N-methyl/N-ethyl adjacent to an activating group) is 1. The summed E-state index contributed by atoms with van der Waals surface area (Å²) in [6.45, 7) is 5.67. The molecule has 168 valence electrons. The highest BCUT2D eigenvalue weighted by Crippen LogP contribution is 2.51. The summed E-state index contributed by atoms with van der Waals surface area (Å²) >= 11 is 0. The predicted molar refractivity (Wildman–Crippen MR) is 105 cm³/mol. The Bertz CT molecular complexity index is 992. The number of halogens is 3. The van der Waals surface area contributed by atoms with E-state index in [1.807, 2.05) is 0 Å². The number of rotatable bonds is 2. The molecular weight excluding hydrogens is 413 g/mol. The van der Waals surface area contributed by atoms with E-state index in [0.29, 0.717) is 6.61 Å². The van der Waals surface area contributed by atoms with Gasteiger partial charge < -0.3 is 14.4 Å². The monoisotopic (exact) mass is 438 g/mol. The van der Waals surface area contributed by atoms with Crippen molar-refractivity contribution in [3.8, 4) is 5.82 Å². The van der Waals surface area contributed by atoms with Crippen LogP contribution in [0.2, 0.25) is 0 Å². The van der Waals surface area contributed by atoms with Gasteiger partial charge in [-0.3, -0.25) is 0 Å². The molecule has 7 nitrogen and oxygen atoms in total. The topological polar surface area (TPSA) is 69.5 Å². The summed E-state index contributed by atoms with van der Waals surface area (Å²) in [7, 11) is 1.64. The lowest BCUT2D eigenvalue weighted by Crippen LogP contribution is -2.47. The number of pyridine rings is 1. The fourth-order valence-corrected chi connectivity index (χ4v) is 3.93. The molecule has 1 aliphatic carbocycles. The molecule has 3 heterocycles. The summed E-state index contributed by atoms with van der Waals surface area (Å²) in [4.78, 5) is 18.4. The van der Waals surface area contributed by atoms with Crippen LogP contribution in [0, 0.1) is 0 Å². The van der Waals surface area contributed by atoms with E-state index >= 15 is 0 Å². The first kappa shape index (κ1) is 21.6. The van der Waals surface area contributed by atoms with Crippen molar-refractivity contribution in [1.29, 1.82) is 0 Å². The molecule has 0 radical (unpaired) electrons. The van der Waals surface area contributed by atoms with E-state index < -0.39 is 35.1 Å². The molecule has 0 N–H and O–H groups in total. The van der Waals surface area contributed by atoms with Crippen LogP contribution in [0.3, 0.4) is 0 Å². The van der Waals surface area contributed by atoms with Crippen molar-refractivity contribution in [2.75, 3.05) is 13.7 Å². The van der Waals surface area contributed by atoms with Crippen molar-refractivity contribution in [1.82, 2.24) is 19.7 Å². The lowest BCUT2D eigenvalue weighted by Gasteiger charge is -2.49. The van der Waals surface area contributed by atoms with Crippen molar-refractivity contribution in [3.63, 3.8) is 0 Å². The molecule has 4 rings (SSSR count). The van der Waals surface area contributed by atoms with Crippen LogP contribution < -0.4 is 0 Å². The van der Waals surface area contributed by atoms with Gasteiger partial charge in [0.2, 0.25) is 0 Å². The zero-order valence-corrected chi connectivity index (χ0v) is 17.9. The molecule has 2 aromatic heterocycles. The molecule has 1 aliphatic heterocycles. The molecule has 2 aromatic rings. The molecule has 0 aromatic carbocycles. The van der Waals surface area contributed by atoms with Crippen LogP contribution in [-0.4, -0.2) is 45.0 Å². The summed E-state index contributed by atoms with van der Waals surface area (Å²) < 4.78 is 51.7. The van der Waals surface area contributed by atoms with Gasteiger partial charge in [-0.2, -0.15) is 18.3 Å². The fourth-order valence-electron chi connectivity index (χ4n) is 3.93. The average molecular weight is 438 g/mol. The van der Waals surface area contributed by atoms with Gasteiger partial charge in [0.05, 0.1) is 30.0 Å². The average Bonchev–Trinajstić information content (AvgIpc) is 3.14. The molecular formula is C21H25F3N4O3. The van der Waals surface area contributed by atoms with Crippen LogP contribution in [0.1, 0.15) is 62.8 Å². The van der Waals surface area contributed by atoms with E-state index in [9.17, 15) is 18.0 Å². The first-order valence-corrected chi connectivity index (χ1v) is 10.1. The Kier molecular flexibility index (Phi) is 5.03. The maximum Gasteiger partial charge on any atom is 0.419 e. The normalized spacial score (nSPS) is 20.2. The fraction of sp³-hybridized carbons (Fsp3) is 0.571. The Balaban J connectivity index is 1.69. The van der Waals surface area contributed by atoms with E-state index in [2.05, 4.69) is 10.1 Å². The summed E-state index contributed by atoms with van der Waals surface area (Å²) in [6, 6.07) is 1.30. The maximum absolute atomic E-state index is 13.0. The van der Waals surface area contributed by atoms with Crippen LogP contribution in [0.15, 0.2) is 24.7 Å². The van der Waals surface area contributed by atoms with Gasteiger partial charge in [0.25, 0.3) is 0 Å². The minimum Gasteiger partial charge on any atom is -0.444 e. The Hall–Kier alpha value is -2.62. The smallest absolute Gasteiger partial charge is 0.419 e. The van der Waals surface area contributed by atoms with Crippen LogP contribution >= 0.6 is 0 Å². The standard InChI is InChI=1S/C21H25F3N4O3/c1-19(2,3)31-18(29)27(4)16-12-30-20(6-5-7-20)15-8-17(25-10-14(15)16)28-11-13(9-26-28)21(22,23)24/h8-11,16H,5-7,12H2,1-4H3/t16-/m1/s1. The quantitative estimate of drug-likeness (QED) is 0.685. The van der Waals surface area contributed by atoms with E-state index in [1.165, 1.54) is 4.90 Å². The minimum absolute atomic E-state index is 0.268. The van der Waals surface area contributed by atoms with Gasteiger partial charge in [0, 0.05) is 25.0 Å². The molecule has 1 amide bonds. The molecule has 1 fully saturated rings.